The average molecular weight is 324 g/mol. The minimum absolute atomic E-state index is 0.0365. The second-order valence-electron chi connectivity index (χ2n) is 5.28. The monoisotopic (exact) mass is 323 g/mol. The maximum absolute atomic E-state index is 12.4. The molecule has 0 bridgehead atoms. The Morgan fingerprint density at radius 2 is 1.95 bits per heavy atom. The van der Waals surface area contributed by atoms with Gasteiger partial charge in [-0.05, 0) is 56.5 Å². The number of hydrogen-bond acceptors (Lipinski definition) is 3. The van der Waals surface area contributed by atoms with Gasteiger partial charge in [0.2, 0.25) is 0 Å². The van der Waals surface area contributed by atoms with Crippen LogP contribution in [-0.4, -0.2) is 11.5 Å². The average Bonchev–Trinajstić information content (AvgIpc) is 2.95. The summed E-state index contributed by atoms with van der Waals surface area (Å²) in [6.45, 7) is 5.46. The molecule has 0 aliphatic rings. The van der Waals surface area contributed by atoms with Crippen molar-refractivity contribution in [2.24, 2.45) is 0 Å². The number of hydrogen-bond donors (Lipinski definition) is 1. The maximum atomic E-state index is 12.4. The molecule has 0 spiro atoms. The Morgan fingerprint density at radius 3 is 2.52 bits per heavy atom. The molecule has 0 aliphatic heterocycles. The number of thiophene rings is 1. The van der Waals surface area contributed by atoms with Gasteiger partial charge in [-0.3, -0.25) is 4.79 Å². The fraction of sp³-hybridized carbons (Fsp3) is 0.312. The Bertz CT molecular complexity index is 593. The van der Waals surface area contributed by atoms with E-state index in [0.29, 0.717) is 10.8 Å². The van der Waals surface area contributed by atoms with Crippen LogP contribution >= 0.6 is 22.9 Å². The lowest BCUT2D eigenvalue weighted by Crippen LogP contribution is -2.47. The number of amides is 1. The van der Waals surface area contributed by atoms with Gasteiger partial charge in [0.25, 0.3) is 5.91 Å². The summed E-state index contributed by atoms with van der Waals surface area (Å²) in [6.07, 6.45) is 0. The molecule has 1 aromatic carbocycles. The maximum Gasteiger partial charge on any atom is 0.264 e. The van der Waals surface area contributed by atoms with Gasteiger partial charge in [-0.15, -0.1) is 11.3 Å². The summed E-state index contributed by atoms with van der Waals surface area (Å²) in [4.78, 5) is 13.5. The number of benzene rings is 1. The fourth-order valence-electron chi connectivity index (χ4n) is 1.82. The fourth-order valence-corrected chi connectivity index (χ4v) is 2.68. The first-order valence-electron chi connectivity index (χ1n) is 6.67. The van der Waals surface area contributed by atoms with E-state index >= 15 is 0 Å². The summed E-state index contributed by atoms with van der Waals surface area (Å²) in [6, 6.07) is 10.9. The third-order valence-electron chi connectivity index (χ3n) is 3.05. The molecule has 2 rings (SSSR count). The van der Waals surface area contributed by atoms with Gasteiger partial charge in [-0.25, -0.2) is 0 Å². The van der Waals surface area contributed by atoms with Crippen molar-refractivity contribution in [3.05, 3.63) is 51.7 Å². The topological polar surface area (TPSA) is 38.3 Å². The molecule has 0 saturated carbocycles. The van der Waals surface area contributed by atoms with E-state index in [0.717, 1.165) is 4.88 Å². The minimum Gasteiger partial charge on any atom is -0.478 e. The lowest BCUT2D eigenvalue weighted by atomic mass is 10.1. The Hall–Kier alpha value is -1.52. The number of nitrogens with one attached hydrogen (secondary N) is 1. The van der Waals surface area contributed by atoms with Gasteiger partial charge in [0.15, 0.2) is 5.60 Å². The van der Waals surface area contributed by atoms with Crippen LogP contribution in [0.5, 0.6) is 5.75 Å². The lowest BCUT2D eigenvalue weighted by Gasteiger charge is -2.27. The highest BCUT2D eigenvalue weighted by Crippen LogP contribution is 2.23. The van der Waals surface area contributed by atoms with Crippen molar-refractivity contribution in [2.75, 3.05) is 0 Å². The van der Waals surface area contributed by atoms with Gasteiger partial charge < -0.3 is 10.1 Å². The van der Waals surface area contributed by atoms with E-state index in [2.05, 4.69) is 5.32 Å². The van der Waals surface area contributed by atoms with E-state index in [1.54, 1.807) is 49.4 Å². The summed E-state index contributed by atoms with van der Waals surface area (Å²) in [5.41, 5.74) is -0.959. The van der Waals surface area contributed by atoms with Crippen molar-refractivity contribution in [1.82, 2.24) is 5.32 Å². The normalized spacial score (nSPS) is 12.8. The largest absolute Gasteiger partial charge is 0.478 e. The van der Waals surface area contributed by atoms with Crippen LogP contribution < -0.4 is 10.1 Å². The number of carbonyl (C=O) groups is 1. The molecule has 0 saturated heterocycles. The van der Waals surface area contributed by atoms with Crippen LogP contribution in [-0.2, 0) is 4.79 Å². The molecule has 0 aliphatic carbocycles. The van der Waals surface area contributed by atoms with Crippen LogP contribution in [0.4, 0.5) is 0 Å². The molecule has 5 heteroatoms. The van der Waals surface area contributed by atoms with Crippen LogP contribution in [0.3, 0.4) is 0 Å². The van der Waals surface area contributed by atoms with Crippen molar-refractivity contribution >= 4 is 28.8 Å². The van der Waals surface area contributed by atoms with E-state index in [4.69, 9.17) is 16.3 Å². The third kappa shape index (κ3) is 4.22. The Morgan fingerprint density at radius 1 is 1.29 bits per heavy atom. The molecule has 1 heterocycles. The zero-order valence-corrected chi connectivity index (χ0v) is 13.8. The van der Waals surface area contributed by atoms with Crippen LogP contribution in [0, 0.1) is 0 Å². The molecule has 0 fully saturated rings. The van der Waals surface area contributed by atoms with Gasteiger partial charge in [0.05, 0.1) is 6.04 Å². The summed E-state index contributed by atoms with van der Waals surface area (Å²) < 4.78 is 5.77. The zero-order chi connectivity index (χ0) is 15.5. The zero-order valence-electron chi connectivity index (χ0n) is 12.2. The number of ether oxygens (including phenoxy) is 1. The molecule has 1 N–H and O–H groups in total. The van der Waals surface area contributed by atoms with E-state index < -0.39 is 5.60 Å². The lowest BCUT2D eigenvalue weighted by molar-refractivity contribution is -0.134. The minimum atomic E-state index is -0.959. The SMILES string of the molecule is CC(NC(=O)C(C)(C)Oc1ccc(Cl)cc1)c1cccs1. The van der Waals surface area contributed by atoms with Gasteiger partial charge in [-0.1, -0.05) is 17.7 Å². The molecule has 1 aromatic heterocycles. The number of halogens is 1. The Kier molecular flexibility index (Phi) is 4.91. The van der Waals surface area contributed by atoms with E-state index in [1.807, 2.05) is 24.4 Å². The molecule has 1 unspecified atom stereocenters. The smallest absolute Gasteiger partial charge is 0.264 e. The Balaban J connectivity index is 2.01. The second-order valence-corrected chi connectivity index (χ2v) is 6.69. The van der Waals surface area contributed by atoms with Crippen molar-refractivity contribution in [3.8, 4) is 5.75 Å². The van der Waals surface area contributed by atoms with E-state index in [9.17, 15) is 4.79 Å². The van der Waals surface area contributed by atoms with Gasteiger partial charge >= 0.3 is 0 Å². The highest BCUT2D eigenvalue weighted by molar-refractivity contribution is 7.10. The summed E-state index contributed by atoms with van der Waals surface area (Å²) in [7, 11) is 0. The third-order valence-corrected chi connectivity index (χ3v) is 4.36. The van der Waals surface area contributed by atoms with Crippen molar-refractivity contribution in [1.29, 1.82) is 0 Å². The molecule has 3 nitrogen and oxygen atoms in total. The van der Waals surface area contributed by atoms with Crippen molar-refractivity contribution in [2.45, 2.75) is 32.4 Å². The molecular weight excluding hydrogens is 306 g/mol. The first-order valence-corrected chi connectivity index (χ1v) is 7.93. The number of rotatable bonds is 5. The highest BCUT2D eigenvalue weighted by atomic mass is 35.5. The van der Waals surface area contributed by atoms with Crippen LogP contribution in [0.1, 0.15) is 31.7 Å². The molecule has 0 radical (unpaired) electrons. The van der Waals surface area contributed by atoms with E-state index in [1.165, 1.54) is 0 Å². The molecule has 1 amide bonds. The van der Waals surface area contributed by atoms with E-state index in [-0.39, 0.29) is 11.9 Å². The molecule has 2 aromatic rings. The first-order chi connectivity index (χ1) is 9.88. The van der Waals surface area contributed by atoms with Crippen LogP contribution in [0.2, 0.25) is 5.02 Å². The standard InChI is InChI=1S/C16H18ClNO2S/c1-11(14-5-4-10-21-14)18-15(19)16(2,3)20-13-8-6-12(17)7-9-13/h4-11H,1-3H3,(H,18,19). The summed E-state index contributed by atoms with van der Waals surface area (Å²) in [5.74, 6) is 0.460. The highest BCUT2D eigenvalue weighted by Gasteiger charge is 2.31. The summed E-state index contributed by atoms with van der Waals surface area (Å²) >= 11 is 7.46. The van der Waals surface area contributed by atoms with Gasteiger partial charge in [0, 0.05) is 9.90 Å². The molecule has 21 heavy (non-hydrogen) atoms. The predicted molar refractivity (Wildman–Crippen MR) is 87.0 cm³/mol. The second kappa shape index (κ2) is 6.50. The molecular formula is C16H18ClNO2S. The predicted octanol–water partition coefficient (Wildman–Crippen LogP) is 4.44. The number of carbonyl (C=O) groups excluding carboxylic acids is 1. The molecule has 1 atom stereocenters. The van der Waals surface area contributed by atoms with Crippen molar-refractivity contribution < 1.29 is 9.53 Å². The quantitative estimate of drug-likeness (QED) is 0.883. The Labute approximate surface area is 133 Å². The van der Waals surface area contributed by atoms with Gasteiger partial charge in [-0.2, -0.15) is 0 Å². The first kappa shape index (κ1) is 15.9. The molecule has 112 valence electrons. The van der Waals surface area contributed by atoms with Crippen LogP contribution in [0.25, 0.3) is 0 Å². The van der Waals surface area contributed by atoms with Crippen LogP contribution in [0.15, 0.2) is 41.8 Å². The van der Waals surface area contributed by atoms with Crippen molar-refractivity contribution in [3.63, 3.8) is 0 Å². The van der Waals surface area contributed by atoms with Gasteiger partial charge in [0.1, 0.15) is 5.75 Å². The summed E-state index contributed by atoms with van der Waals surface area (Å²) in [5, 5.41) is 5.60.